The molecule has 0 amide bonds. The Morgan fingerprint density at radius 1 is 1.00 bits per heavy atom. The zero-order valence-corrected chi connectivity index (χ0v) is 10.3. The van der Waals surface area contributed by atoms with Crippen molar-refractivity contribution in [2.24, 2.45) is 0 Å². The first-order chi connectivity index (χ1) is 5.79. The normalized spacial score (nSPS) is 7.17. The largest absolute Gasteiger partial charge is 0.0683 e. The van der Waals surface area contributed by atoms with Crippen LogP contribution in [0.15, 0.2) is 28.7 Å². The van der Waals surface area contributed by atoms with Gasteiger partial charge in [-0.1, -0.05) is 61.3 Å². The minimum atomic E-state index is 1.15. The van der Waals surface area contributed by atoms with Crippen molar-refractivity contribution in [3.8, 4) is 0 Å². The van der Waals surface area contributed by atoms with Gasteiger partial charge in [0.15, 0.2) is 0 Å². The molecule has 0 aliphatic carbocycles. The van der Waals surface area contributed by atoms with Crippen LogP contribution in [0.25, 0.3) is 0 Å². The summed E-state index contributed by atoms with van der Waals surface area (Å²) in [5.41, 5.74) is 1.29. The lowest BCUT2D eigenvalue weighted by atomic mass is 10.2. The summed E-state index contributed by atoms with van der Waals surface area (Å²) in [4.78, 5) is 0. The average Bonchev–Trinajstić information content (AvgIpc) is 2.11. The predicted octanol–water partition coefficient (Wildman–Crippen LogP) is 4.81. The molecule has 70 valence electrons. The van der Waals surface area contributed by atoms with E-state index in [1.807, 2.05) is 39.8 Å². The lowest BCUT2D eigenvalue weighted by Gasteiger charge is -1.89. The molecule has 1 aromatic rings. The molecule has 0 saturated heterocycles. The van der Waals surface area contributed by atoms with Crippen molar-refractivity contribution in [1.82, 2.24) is 0 Å². The van der Waals surface area contributed by atoms with Gasteiger partial charge in [0.05, 0.1) is 0 Å². The van der Waals surface area contributed by atoms with Crippen molar-refractivity contribution in [2.75, 3.05) is 0 Å². The van der Waals surface area contributed by atoms with Crippen LogP contribution >= 0.6 is 15.9 Å². The molecule has 0 aromatic heterocycles. The molecule has 0 aliphatic rings. The predicted molar refractivity (Wildman–Crippen MR) is 61.6 cm³/mol. The minimum Gasteiger partial charge on any atom is -0.0683 e. The SMILES string of the molecule is CC.CC.Cc1cccc(Br)c1. The van der Waals surface area contributed by atoms with E-state index in [2.05, 4.69) is 35.0 Å². The highest BCUT2D eigenvalue weighted by Crippen LogP contribution is 2.09. The quantitative estimate of drug-likeness (QED) is 0.601. The number of benzene rings is 1. The Bertz CT molecular complexity index is 165. The Kier molecular flexibility index (Phi) is 12.7. The third-order valence-corrected chi connectivity index (χ3v) is 1.47. The van der Waals surface area contributed by atoms with Crippen LogP contribution in [0.3, 0.4) is 0 Å². The van der Waals surface area contributed by atoms with Crippen LogP contribution in [0.1, 0.15) is 33.3 Å². The van der Waals surface area contributed by atoms with E-state index in [4.69, 9.17) is 0 Å². The van der Waals surface area contributed by atoms with E-state index in [0.29, 0.717) is 0 Å². The van der Waals surface area contributed by atoms with E-state index in [-0.39, 0.29) is 0 Å². The van der Waals surface area contributed by atoms with Gasteiger partial charge in [0.25, 0.3) is 0 Å². The topological polar surface area (TPSA) is 0 Å². The van der Waals surface area contributed by atoms with Crippen molar-refractivity contribution in [1.29, 1.82) is 0 Å². The van der Waals surface area contributed by atoms with E-state index >= 15 is 0 Å². The fourth-order valence-electron chi connectivity index (χ4n) is 0.606. The molecular weight excluding hydrogens is 212 g/mol. The highest BCUT2D eigenvalue weighted by molar-refractivity contribution is 9.10. The minimum absolute atomic E-state index is 1.15. The molecule has 0 atom stereocenters. The second-order valence-corrected chi connectivity index (χ2v) is 2.71. The molecule has 0 fully saturated rings. The Morgan fingerprint density at radius 2 is 1.50 bits per heavy atom. The summed E-state index contributed by atoms with van der Waals surface area (Å²) in [6.45, 7) is 10.1. The van der Waals surface area contributed by atoms with E-state index in [1.165, 1.54) is 5.56 Å². The van der Waals surface area contributed by atoms with Crippen molar-refractivity contribution in [3.05, 3.63) is 34.3 Å². The third-order valence-electron chi connectivity index (χ3n) is 0.980. The first kappa shape index (κ1) is 14.2. The van der Waals surface area contributed by atoms with Gasteiger partial charge in [-0.3, -0.25) is 0 Å². The number of hydrogen-bond acceptors (Lipinski definition) is 0. The monoisotopic (exact) mass is 230 g/mol. The van der Waals surface area contributed by atoms with Crippen LogP contribution in [0.5, 0.6) is 0 Å². The molecule has 0 unspecified atom stereocenters. The average molecular weight is 231 g/mol. The van der Waals surface area contributed by atoms with Crippen LogP contribution in [0.4, 0.5) is 0 Å². The molecule has 1 heteroatoms. The van der Waals surface area contributed by atoms with Gasteiger partial charge in [-0.2, -0.15) is 0 Å². The fraction of sp³-hybridized carbons (Fsp3) is 0.455. The maximum Gasteiger partial charge on any atom is 0.0177 e. The standard InChI is InChI=1S/C7H7Br.2C2H6/c1-6-3-2-4-7(8)5-6;2*1-2/h2-5H,1H3;2*1-2H3. The van der Waals surface area contributed by atoms with Gasteiger partial charge in [-0.15, -0.1) is 0 Å². The Hall–Kier alpha value is -0.300. The van der Waals surface area contributed by atoms with Crippen LogP contribution in [0, 0.1) is 6.92 Å². The molecule has 0 N–H and O–H groups in total. The van der Waals surface area contributed by atoms with Crippen LogP contribution in [-0.2, 0) is 0 Å². The number of halogens is 1. The summed E-state index contributed by atoms with van der Waals surface area (Å²) in [5, 5.41) is 0. The summed E-state index contributed by atoms with van der Waals surface area (Å²) in [6.07, 6.45) is 0. The summed E-state index contributed by atoms with van der Waals surface area (Å²) >= 11 is 3.36. The molecule has 0 nitrogen and oxygen atoms in total. The van der Waals surface area contributed by atoms with E-state index in [1.54, 1.807) is 0 Å². The molecule has 0 heterocycles. The molecule has 1 rings (SSSR count). The van der Waals surface area contributed by atoms with E-state index < -0.39 is 0 Å². The van der Waals surface area contributed by atoms with Crippen LogP contribution in [0.2, 0.25) is 0 Å². The molecule has 12 heavy (non-hydrogen) atoms. The van der Waals surface area contributed by atoms with Gasteiger partial charge in [0.1, 0.15) is 0 Å². The summed E-state index contributed by atoms with van der Waals surface area (Å²) < 4.78 is 1.15. The maximum atomic E-state index is 3.36. The zero-order valence-electron chi connectivity index (χ0n) is 8.69. The van der Waals surface area contributed by atoms with Gasteiger partial charge in [-0.05, 0) is 19.1 Å². The smallest absolute Gasteiger partial charge is 0.0177 e. The maximum absolute atomic E-state index is 3.36. The van der Waals surface area contributed by atoms with Gasteiger partial charge in [-0.25, -0.2) is 0 Å². The Labute approximate surface area is 85.1 Å². The number of rotatable bonds is 0. The first-order valence-electron chi connectivity index (χ1n) is 4.51. The van der Waals surface area contributed by atoms with Crippen LogP contribution < -0.4 is 0 Å². The van der Waals surface area contributed by atoms with Crippen molar-refractivity contribution >= 4 is 15.9 Å². The summed E-state index contributed by atoms with van der Waals surface area (Å²) in [7, 11) is 0. The highest BCUT2D eigenvalue weighted by atomic mass is 79.9. The zero-order chi connectivity index (χ0) is 9.98. The lowest BCUT2D eigenvalue weighted by molar-refractivity contribution is 1.45. The molecule has 0 bridgehead atoms. The molecular formula is C11H19Br. The molecule has 1 aromatic carbocycles. The van der Waals surface area contributed by atoms with Crippen molar-refractivity contribution in [2.45, 2.75) is 34.6 Å². The fourth-order valence-corrected chi connectivity index (χ4v) is 1.12. The summed E-state index contributed by atoms with van der Waals surface area (Å²) in [5.74, 6) is 0. The molecule has 0 spiro atoms. The lowest BCUT2D eigenvalue weighted by Crippen LogP contribution is -1.67. The van der Waals surface area contributed by atoms with Crippen LogP contribution in [-0.4, -0.2) is 0 Å². The number of aryl methyl sites for hydroxylation is 1. The van der Waals surface area contributed by atoms with Gasteiger partial charge >= 0.3 is 0 Å². The van der Waals surface area contributed by atoms with Crippen molar-refractivity contribution < 1.29 is 0 Å². The second-order valence-electron chi connectivity index (χ2n) is 1.80. The van der Waals surface area contributed by atoms with Gasteiger partial charge in [0, 0.05) is 4.47 Å². The summed E-state index contributed by atoms with van der Waals surface area (Å²) in [6, 6.07) is 8.21. The molecule has 0 radical (unpaired) electrons. The number of hydrogen-bond donors (Lipinski definition) is 0. The van der Waals surface area contributed by atoms with Crippen molar-refractivity contribution in [3.63, 3.8) is 0 Å². The molecule has 0 saturated carbocycles. The van der Waals surface area contributed by atoms with Gasteiger partial charge < -0.3 is 0 Å². The van der Waals surface area contributed by atoms with Gasteiger partial charge in [0.2, 0.25) is 0 Å². The Morgan fingerprint density at radius 3 is 1.75 bits per heavy atom. The third kappa shape index (κ3) is 7.80. The van der Waals surface area contributed by atoms with E-state index in [9.17, 15) is 0 Å². The Balaban J connectivity index is 0. The second kappa shape index (κ2) is 10.7. The first-order valence-corrected chi connectivity index (χ1v) is 5.30. The highest BCUT2D eigenvalue weighted by Gasteiger charge is 1.82. The van der Waals surface area contributed by atoms with E-state index in [0.717, 1.165) is 4.47 Å². The molecule has 0 aliphatic heterocycles.